The van der Waals surface area contributed by atoms with Crippen LogP contribution in [0.4, 0.5) is 0 Å². The van der Waals surface area contributed by atoms with Crippen molar-refractivity contribution in [3.63, 3.8) is 0 Å². The van der Waals surface area contributed by atoms with E-state index in [0.29, 0.717) is 18.0 Å². The standard InChI is InChI=1S/C18H33N5S.HI/c1-13(2)23-10-14(3)16(11-23)22-18(19-5)20-9-7-6-8-17-21-15(4)12-24-17;/h12-14,16H,6-11H2,1-5H3,(H2,19,20,22);1H. The summed E-state index contributed by atoms with van der Waals surface area (Å²) in [6.07, 6.45) is 3.38. The fraction of sp³-hybridized carbons (Fsp3) is 0.778. The van der Waals surface area contributed by atoms with Crippen LogP contribution in [0.1, 0.15) is 44.3 Å². The van der Waals surface area contributed by atoms with Gasteiger partial charge in [0.05, 0.1) is 5.01 Å². The van der Waals surface area contributed by atoms with Crippen molar-refractivity contribution in [2.24, 2.45) is 10.9 Å². The molecular formula is C18H34IN5S. The summed E-state index contributed by atoms with van der Waals surface area (Å²) in [6, 6.07) is 1.10. The molecule has 5 nitrogen and oxygen atoms in total. The Hall–Kier alpha value is -0.410. The second kappa shape index (κ2) is 11.3. The molecule has 0 bridgehead atoms. The van der Waals surface area contributed by atoms with E-state index < -0.39 is 0 Å². The van der Waals surface area contributed by atoms with Crippen LogP contribution in [0.15, 0.2) is 10.4 Å². The lowest BCUT2D eigenvalue weighted by molar-refractivity contribution is 0.265. The molecule has 2 atom stereocenters. The number of halogens is 1. The van der Waals surface area contributed by atoms with E-state index in [1.807, 2.05) is 7.05 Å². The second-order valence-electron chi connectivity index (χ2n) is 7.11. The van der Waals surface area contributed by atoms with Gasteiger partial charge >= 0.3 is 0 Å². The zero-order valence-electron chi connectivity index (χ0n) is 16.2. The van der Waals surface area contributed by atoms with Gasteiger partial charge in [0.1, 0.15) is 0 Å². The maximum Gasteiger partial charge on any atom is 0.191 e. The molecular weight excluding hydrogens is 445 g/mol. The molecule has 2 heterocycles. The summed E-state index contributed by atoms with van der Waals surface area (Å²) in [5, 5.41) is 10.4. The van der Waals surface area contributed by atoms with Gasteiger partial charge in [0.15, 0.2) is 5.96 Å². The Kier molecular flexibility index (Phi) is 10.3. The van der Waals surface area contributed by atoms with Crippen LogP contribution < -0.4 is 10.6 Å². The third-order valence-electron chi connectivity index (χ3n) is 4.69. The lowest BCUT2D eigenvalue weighted by Crippen LogP contribution is -2.47. The number of aryl methyl sites for hydroxylation is 2. The summed E-state index contributed by atoms with van der Waals surface area (Å²) < 4.78 is 0. The number of aliphatic imine (C=N–C) groups is 1. The van der Waals surface area contributed by atoms with Gasteiger partial charge in [-0.3, -0.25) is 9.89 Å². The van der Waals surface area contributed by atoms with Crippen molar-refractivity contribution in [2.45, 2.75) is 59.0 Å². The van der Waals surface area contributed by atoms with Crippen LogP contribution >= 0.6 is 35.3 Å². The minimum Gasteiger partial charge on any atom is -0.356 e. The summed E-state index contributed by atoms with van der Waals surface area (Å²) in [5.41, 5.74) is 1.14. The average molecular weight is 479 g/mol. The Bertz CT molecular complexity index is 531. The van der Waals surface area contributed by atoms with Gasteiger partial charge in [-0.1, -0.05) is 6.92 Å². The van der Waals surface area contributed by atoms with Crippen LogP contribution in [-0.2, 0) is 6.42 Å². The summed E-state index contributed by atoms with van der Waals surface area (Å²) in [6.45, 7) is 12.1. The number of rotatable bonds is 7. The fourth-order valence-electron chi connectivity index (χ4n) is 3.11. The van der Waals surface area contributed by atoms with Crippen molar-refractivity contribution in [3.05, 3.63) is 16.1 Å². The van der Waals surface area contributed by atoms with E-state index in [0.717, 1.165) is 44.0 Å². The van der Waals surface area contributed by atoms with E-state index in [1.165, 1.54) is 11.6 Å². The minimum absolute atomic E-state index is 0. The zero-order chi connectivity index (χ0) is 17.5. The lowest BCUT2D eigenvalue weighted by atomic mass is 10.1. The van der Waals surface area contributed by atoms with Crippen molar-refractivity contribution < 1.29 is 0 Å². The SMILES string of the molecule is CN=C(NCCCCc1nc(C)cs1)NC1CN(C(C)C)CC1C.I. The fourth-order valence-corrected chi connectivity index (χ4v) is 3.93. The summed E-state index contributed by atoms with van der Waals surface area (Å²) in [4.78, 5) is 11.4. The maximum absolute atomic E-state index is 4.52. The molecule has 0 radical (unpaired) electrons. The molecule has 0 aliphatic carbocycles. The molecule has 1 aliphatic heterocycles. The monoisotopic (exact) mass is 479 g/mol. The second-order valence-corrected chi connectivity index (χ2v) is 8.06. The van der Waals surface area contributed by atoms with E-state index in [9.17, 15) is 0 Å². The number of nitrogens with one attached hydrogen (secondary N) is 2. The Morgan fingerprint density at radius 2 is 2.16 bits per heavy atom. The van der Waals surface area contributed by atoms with Crippen LogP contribution in [0.25, 0.3) is 0 Å². The molecule has 1 aliphatic rings. The summed E-state index contributed by atoms with van der Waals surface area (Å²) >= 11 is 1.77. The van der Waals surface area contributed by atoms with Crippen LogP contribution in [0, 0.1) is 12.8 Å². The highest BCUT2D eigenvalue weighted by Crippen LogP contribution is 2.18. The van der Waals surface area contributed by atoms with Gasteiger partial charge in [0.2, 0.25) is 0 Å². The van der Waals surface area contributed by atoms with Crippen LogP contribution in [0.2, 0.25) is 0 Å². The normalized spacial score (nSPS) is 21.4. The first kappa shape index (κ1) is 22.6. The first-order chi connectivity index (χ1) is 11.5. The predicted octanol–water partition coefficient (Wildman–Crippen LogP) is 3.29. The van der Waals surface area contributed by atoms with Crippen molar-refractivity contribution in [1.82, 2.24) is 20.5 Å². The smallest absolute Gasteiger partial charge is 0.191 e. The Morgan fingerprint density at radius 1 is 1.40 bits per heavy atom. The molecule has 1 saturated heterocycles. The van der Waals surface area contributed by atoms with E-state index in [1.54, 1.807) is 11.3 Å². The first-order valence-corrected chi connectivity index (χ1v) is 9.99. The van der Waals surface area contributed by atoms with E-state index in [2.05, 4.69) is 58.6 Å². The largest absolute Gasteiger partial charge is 0.356 e. The van der Waals surface area contributed by atoms with E-state index in [-0.39, 0.29) is 24.0 Å². The number of guanidine groups is 1. The van der Waals surface area contributed by atoms with Crippen molar-refractivity contribution in [1.29, 1.82) is 0 Å². The number of likely N-dealkylation sites (tertiary alicyclic amines) is 1. The highest BCUT2D eigenvalue weighted by atomic mass is 127. The number of unbranched alkanes of at least 4 members (excludes halogenated alkanes) is 1. The topological polar surface area (TPSA) is 52.6 Å². The molecule has 25 heavy (non-hydrogen) atoms. The molecule has 2 unspecified atom stereocenters. The molecule has 1 fully saturated rings. The molecule has 2 N–H and O–H groups in total. The highest BCUT2D eigenvalue weighted by Gasteiger charge is 2.31. The Balaban J connectivity index is 0.00000312. The molecule has 0 saturated carbocycles. The molecule has 0 amide bonds. The van der Waals surface area contributed by atoms with Gasteiger partial charge in [-0.15, -0.1) is 35.3 Å². The molecule has 2 rings (SSSR count). The van der Waals surface area contributed by atoms with Gasteiger partial charge in [-0.05, 0) is 46.0 Å². The number of thiazole rings is 1. The number of hydrogen-bond donors (Lipinski definition) is 2. The van der Waals surface area contributed by atoms with Crippen LogP contribution in [0.3, 0.4) is 0 Å². The van der Waals surface area contributed by atoms with E-state index in [4.69, 9.17) is 0 Å². The zero-order valence-corrected chi connectivity index (χ0v) is 19.4. The van der Waals surface area contributed by atoms with Gasteiger partial charge < -0.3 is 10.6 Å². The lowest BCUT2D eigenvalue weighted by Gasteiger charge is -2.21. The molecule has 0 aromatic carbocycles. The van der Waals surface area contributed by atoms with Crippen LogP contribution in [0.5, 0.6) is 0 Å². The van der Waals surface area contributed by atoms with Gasteiger partial charge in [0.25, 0.3) is 0 Å². The van der Waals surface area contributed by atoms with Gasteiger partial charge in [0, 0.05) is 49.8 Å². The number of nitrogens with zero attached hydrogens (tertiary/aromatic N) is 3. The summed E-state index contributed by atoms with van der Waals surface area (Å²) in [5.74, 6) is 1.58. The molecule has 1 aromatic rings. The average Bonchev–Trinajstić information content (AvgIpc) is 3.12. The molecule has 0 spiro atoms. The van der Waals surface area contributed by atoms with Crippen LogP contribution in [-0.4, -0.2) is 54.6 Å². The minimum atomic E-state index is 0. The third kappa shape index (κ3) is 7.38. The first-order valence-electron chi connectivity index (χ1n) is 9.11. The molecule has 7 heteroatoms. The van der Waals surface area contributed by atoms with Gasteiger partial charge in [-0.2, -0.15) is 0 Å². The summed E-state index contributed by atoms with van der Waals surface area (Å²) in [7, 11) is 1.85. The highest BCUT2D eigenvalue weighted by molar-refractivity contribution is 14.0. The van der Waals surface area contributed by atoms with E-state index >= 15 is 0 Å². The molecule has 1 aromatic heterocycles. The van der Waals surface area contributed by atoms with Gasteiger partial charge in [-0.25, -0.2) is 4.98 Å². The Labute approximate surface area is 174 Å². The van der Waals surface area contributed by atoms with Crippen molar-refractivity contribution in [3.8, 4) is 0 Å². The quantitative estimate of drug-likeness (QED) is 0.273. The Morgan fingerprint density at radius 3 is 2.72 bits per heavy atom. The van der Waals surface area contributed by atoms with Crippen molar-refractivity contribution >= 4 is 41.3 Å². The number of hydrogen-bond acceptors (Lipinski definition) is 4. The molecule has 144 valence electrons. The third-order valence-corrected chi connectivity index (χ3v) is 5.72. The maximum atomic E-state index is 4.52. The predicted molar refractivity (Wildman–Crippen MR) is 119 cm³/mol. The van der Waals surface area contributed by atoms with Crippen molar-refractivity contribution in [2.75, 3.05) is 26.7 Å². The number of aromatic nitrogens is 1.